The van der Waals surface area contributed by atoms with E-state index in [2.05, 4.69) is 33.1 Å². The minimum absolute atomic E-state index is 0.749. The monoisotopic (exact) mass is 234 g/mol. The molecule has 0 heteroatoms. The highest BCUT2D eigenvalue weighted by atomic mass is 14.1. The highest BCUT2D eigenvalue weighted by Crippen LogP contribution is 2.21. The highest BCUT2D eigenvalue weighted by Gasteiger charge is 2.04. The average molecular weight is 234 g/mol. The minimum atomic E-state index is 0.749. The third kappa shape index (κ3) is 10.1. The summed E-state index contributed by atoms with van der Waals surface area (Å²) in [6.45, 7) is 12.1. The van der Waals surface area contributed by atoms with Gasteiger partial charge in [0.1, 0.15) is 0 Å². The summed E-state index contributed by atoms with van der Waals surface area (Å²) in [7, 11) is 0. The van der Waals surface area contributed by atoms with Gasteiger partial charge in [-0.25, -0.2) is 0 Å². The van der Waals surface area contributed by atoms with E-state index >= 15 is 0 Å². The Labute approximate surface area is 109 Å². The highest BCUT2D eigenvalue weighted by molar-refractivity contribution is 5.03. The summed E-state index contributed by atoms with van der Waals surface area (Å²) < 4.78 is 0. The van der Waals surface area contributed by atoms with Gasteiger partial charge in [-0.1, -0.05) is 44.1 Å². The second kappa shape index (κ2) is 11.7. The molecular formula is C17H30. The molecule has 98 valence electrons. The normalized spacial score (nSPS) is 13.4. The van der Waals surface area contributed by atoms with Crippen molar-refractivity contribution >= 4 is 0 Å². The number of rotatable bonds is 11. The number of allylic oxidation sites excluding steroid dienone is 4. The summed E-state index contributed by atoms with van der Waals surface area (Å²) in [6, 6.07) is 0. The molecule has 0 aliphatic heterocycles. The van der Waals surface area contributed by atoms with E-state index in [0.717, 1.165) is 12.3 Å². The lowest BCUT2D eigenvalue weighted by Gasteiger charge is -2.12. The van der Waals surface area contributed by atoms with E-state index in [4.69, 9.17) is 0 Å². The smallest absolute Gasteiger partial charge is 0.0291 e. The van der Waals surface area contributed by atoms with E-state index in [1.54, 1.807) is 5.57 Å². The van der Waals surface area contributed by atoms with Crippen LogP contribution < -0.4 is 0 Å². The lowest BCUT2D eigenvalue weighted by Crippen LogP contribution is -1.96. The van der Waals surface area contributed by atoms with E-state index < -0.39 is 0 Å². The van der Waals surface area contributed by atoms with Crippen LogP contribution in [0, 0.1) is 5.92 Å². The van der Waals surface area contributed by atoms with Crippen molar-refractivity contribution in [1.82, 2.24) is 0 Å². The maximum atomic E-state index is 3.82. The first-order chi connectivity index (χ1) is 8.24. The molecular weight excluding hydrogens is 204 g/mol. The molecule has 0 aliphatic carbocycles. The Bertz CT molecular complexity index is 222. The third-order valence-corrected chi connectivity index (χ3v) is 3.08. The lowest BCUT2D eigenvalue weighted by molar-refractivity contribution is 0.561. The van der Waals surface area contributed by atoms with Crippen LogP contribution in [0.3, 0.4) is 0 Å². The molecule has 0 spiro atoms. The Balaban J connectivity index is 3.86. The molecule has 0 aliphatic rings. The second-order valence-corrected chi connectivity index (χ2v) is 4.99. The predicted octanol–water partition coefficient (Wildman–Crippen LogP) is 6.06. The van der Waals surface area contributed by atoms with Crippen LogP contribution in [0.4, 0.5) is 0 Å². The molecule has 0 fully saturated rings. The van der Waals surface area contributed by atoms with Crippen molar-refractivity contribution in [3.05, 3.63) is 37.0 Å². The molecule has 0 rings (SSSR count). The molecule has 0 saturated carbocycles. The number of unbranched alkanes of at least 4 members (excludes halogenated alkanes) is 3. The van der Waals surface area contributed by atoms with Gasteiger partial charge < -0.3 is 0 Å². The minimum Gasteiger partial charge on any atom is -0.103 e. The predicted molar refractivity (Wildman–Crippen MR) is 80.3 cm³/mol. The molecule has 0 N–H and O–H groups in total. The molecule has 0 aromatic rings. The van der Waals surface area contributed by atoms with Gasteiger partial charge in [-0.05, 0) is 50.9 Å². The molecule has 17 heavy (non-hydrogen) atoms. The molecule has 0 amide bonds. The quantitative estimate of drug-likeness (QED) is 0.301. The van der Waals surface area contributed by atoms with Gasteiger partial charge in [0.05, 0.1) is 0 Å². The summed E-state index contributed by atoms with van der Waals surface area (Å²) in [5, 5.41) is 0. The molecule has 0 bridgehead atoms. The Morgan fingerprint density at radius 3 is 2.47 bits per heavy atom. The Morgan fingerprint density at radius 2 is 1.88 bits per heavy atom. The van der Waals surface area contributed by atoms with Crippen LogP contribution in [0.15, 0.2) is 37.0 Å². The van der Waals surface area contributed by atoms with Crippen LogP contribution in [0.2, 0.25) is 0 Å². The number of hydrogen-bond donors (Lipinski definition) is 0. The molecule has 0 nitrogen and oxygen atoms in total. The molecule has 0 aromatic carbocycles. The average Bonchev–Trinajstić information content (AvgIpc) is 2.29. The summed E-state index contributed by atoms with van der Waals surface area (Å²) in [6.07, 6.45) is 16.5. The number of hydrogen-bond acceptors (Lipinski definition) is 0. The van der Waals surface area contributed by atoms with E-state index in [0.29, 0.717) is 0 Å². The fourth-order valence-electron chi connectivity index (χ4n) is 2.21. The zero-order chi connectivity index (χ0) is 12.9. The van der Waals surface area contributed by atoms with Crippen molar-refractivity contribution in [2.75, 3.05) is 0 Å². The van der Waals surface area contributed by atoms with Gasteiger partial charge >= 0.3 is 0 Å². The summed E-state index contributed by atoms with van der Waals surface area (Å²) in [5.74, 6) is 0.749. The first kappa shape index (κ1) is 16.2. The fraction of sp³-hybridized carbons (Fsp3) is 0.647. The summed E-state index contributed by atoms with van der Waals surface area (Å²) >= 11 is 0. The van der Waals surface area contributed by atoms with Crippen molar-refractivity contribution < 1.29 is 0 Å². The van der Waals surface area contributed by atoms with Gasteiger partial charge in [0.2, 0.25) is 0 Å². The van der Waals surface area contributed by atoms with Gasteiger partial charge in [-0.3, -0.25) is 0 Å². The van der Waals surface area contributed by atoms with Gasteiger partial charge in [-0.15, -0.1) is 13.2 Å². The summed E-state index contributed by atoms with van der Waals surface area (Å²) in [4.78, 5) is 0. The van der Waals surface area contributed by atoms with Crippen LogP contribution in [-0.4, -0.2) is 0 Å². The largest absolute Gasteiger partial charge is 0.103 e. The first-order valence-corrected chi connectivity index (χ1v) is 7.14. The van der Waals surface area contributed by atoms with Crippen LogP contribution in [0.5, 0.6) is 0 Å². The molecule has 0 aromatic heterocycles. The molecule has 1 unspecified atom stereocenters. The Hall–Kier alpha value is -0.780. The van der Waals surface area contributed by atoms with Crippen LogP contribution in [-0.2, 0) is 0 Å². The molecule has 0 heterocycles. The van der Waals surface area contributed by atoms with Gasteiger partial charge in [0.25, 0.3) is 0 Å². The second-order valence-electron chi connectivity index (χ2n) is 4.99. The maximum Gasteiger partial charge on any atom is -0.0291 e. The Morgan fingerprint density at radius 1 is 1.12 bits per heavy atom. The molecule has 0 saturated heterocycles. The molecule has 0 radical (unpaired) electrons. The standard InChI is InChI=1S/C17H30/c1-5-8-9-10-11-14-17(13-7-3)15-16(4)12-6-2/h5-6,13,16H,1-2,7-12,14-15H2,3-4H3. The SMILES string of the molecule is C=CCCCCCC(=CCC)CC(C)CC=C. The fourth-order valence-corrected chi connectivity index (χ4v) is 2.21. The zero-order valence-corrected chi connectivity index (χ0v) is 11.9. The van der Waals surface area contributed by atoms with E-state index in [-0.39, 0.29) is 0 Å². The van der Waals surface area contributed by atoms with Crippen molar-refractivity contribution in [3.8, 4) is 0 Å². The topological polar surface area (TPSA) is 0 Å². The van der Waals surface area contributed by atoms with Gasteiger partial charge in [-0.2, -0.15) is 0 Å². The van der Waals surface area contributed by atoms with E-state index in [9.17, 15) is 0 Å². The van der Waals surface area contributed by atoms with E-state index in [1.807, 2.05) is 12.2 Å². The Kier molecular flexibility index (Phi) is 11.2. The van der Waals surface area contributed by atoms with Gasteiger partial charge in [0, 0.05) is 0 Å². The van der Waals surface area contributed by atoms with Crippen molar-refractivity contribution in [1.29, 1.82) is 0 Å². The van der Waals surface area contributed by atoms with Crippen LogP contribution >= 0.6 is 0 Å². The van der Waals surface area contributed by atoms with Crippen LogP contribution in [0.25, 0.3) is 0 Å². The van der Waals surface area contributed by atoms with Crippen molar-refractivity contribution in [3.63, 3.8) is 0 Å². The van der Waals surface area contributed by atoms with Crippen molar-refractivity contribution in [2.45, 2.75) is 65.2 Å². The lowest BCUT2D eigenvalue weighted by atomic mass is 9.94. The van der Waals surface area contributed by atoms with Crippen LogP contribution in [0.1, 0.15) is 65.2 Å². The van der Waals surface area contributed by atoms with Gasteiger partial charge in [0.15, 0.2) is 0 Å². The molecule has 1 atom stereocenters. The maximum absolute atomic E-state index is 3.82. The zero-order valence-electron chi connectivity index (χ0n) is 11.9. The van der Waals surface area contributed by atoms with Crippen molar-refractivity contribution in [2.24, 2.45) is 5.92 Å². The third-order valence-electron chi connectivity index (χ3n) is 3.08. The summed E-state index contributed by atoms with van der Waals surface area (Å²) in [5.41, 5.74) is 1.65. The first-order valence-electron chi connectivity index (χ1n) is 7.14. The van der Waals surface area contributed by atoms with E-state index in [1.165, 1.54) is 44.9 Å².